The van der Waals surface area contributed by atoms with Gasteiger partial charge in [0.2, 0.25) is 5.91 Å². The molecule has 1 aromatic carbocycles. The molecule has 3 heterocycles. The van der Waals surface area contributed by atoms with Gasteiger partial charge in [0, 0.05) is 56.1 Å². The molecule has 1 atom stereocenters. The van der Waals surface area contributed by atoms with Crippen molar-refractivity contribution in [2.75, 3.05) is 31.5 Å². The quantitative estimate of drug-likeness (QED) is 0.795. The van der Waals surface area contributed by atoms with Gasteiger partial charge in [-0.3, -0.25) is 9.78 Å². The number of carbonyl (C=O) groups is 2. The molecule has 4 rings (SSSR count). The molecule has 2 fully saturated rings. The van der Waals surface area contributed by atoms with E-state index in [1.165, 1.54) is 4.90 Å². The molecule has 0 aliphatic carbocycles. The van der Waals surface area contributed by atoms with Crippen molar-refractivity contribution in [3.05, 3.63) is 59.9 Å². The molecule has 31 heavy (non-hydrogen) atoms. The highest BCUT2D eigenvalue weighted by Gasteiger charge is 2.36. The SMILES string of the molecule is O=C(CC(F)(F)F)N1CCC(c2ccc(NC(=O)N3CC(c4cccnc4)C3)cc2)C1. The molecule has 3 amide bonds. The monoisotopic (exact) mass is 432 g/mol. The van der Waals surface area contributed by atoms with Crippen LogP contribution in [0, 0.1) is 0 Å². The number of amides is 3. The van der Waals surface area contributed by atoms with E-state index in [0.717, 1.165) is 11.1 Å². The fourth-order valence-corrected chi connectivity index (χ4v) is 4.06. The number of alkyl halides is 3. The van der Waals surface area contributed by atoms with Gasteiger partial charge in [0.05, 0.1) is 0 Å². The van der Waals surface area contributed by atoms with Crippen LogP contribution in [0.25, 0.3) is 0 Å². The summed E-state index contributed by atoms with van der Waals surface area (Å²) in [5.74, 6) is -0.581. The van der Waals surface area contributed by atoms with Crippen LogP contribution in [0.3, 0.4) is 0 Å². The average Bonchev–Trinajstić information content (AvgIpc) is 3.17. The molecule has 6 nitrogen and oxygen atoms in total. The van der Waals surface area contributed by atoms with E-state index in [-0.39, 0.29) is 18.5 Å². The Morgan fingerprint density at radius 3 is 2.35 bits per heavy atom. The highest BCUT2D eigenvalue weighted by molar-refractivity contribution is 5.90. The Kier molecular flexibility index (Phi) is 5.84. The van der Waals surface area contributed by atoms with Gasteiger partial charge in [-0.1, -0.05) is 18.2 Å². The average molecular weight is 432 g/mol. The van der Waals surface area contributed by atoms with Crippen LogP contribution in [-0.2, 0) is 4.79 Å². The molecule has 0 spiro atoms. The number of carbonyl (C=O) groups excluding carboxylic acids is 2. The predicted octanol–water partition coefficient (Wildman–Crippen LogP) is 3.98. The lowest BCUT2D eigenvalue weighted by Gasteiger charge is -2.39. The van der Waals surface area contributed by atoms with Crippen molar-refractivity contribution in [3.8, 4) is 0 Å². The number of nitrogens with zero attached hydrogens (tertiary/aromatic N) is 3. The summed E-state index contributed by atoms with van der Waals surface area (Å²) in [6.45, 7) is 1.88. The molecule has 0 saturated carbocycles. The standard InChI is InChI=1S/C22H23F3N4O2/c23-22(24,25)10-20(30)28-9-7-17(12-28)15-3-5-19(6-4-15)27-21(31)29-13-18(14-29)16-2-1-8-26-11-16/h1-6,8,11,17-18H,7,9-10,12-14H2,(H,27,31). The largest absolute Gasteiger partial charge is 0.397 e. The Bertz CT molecular complexity index is 928. The number of likely N-dealkylation sites (tertiary alicyclic amines) is 2. The van der Waals surface area contributed by atoms with Crippen molar-refractivity contribution in [1.29, 1.82) is 0 Å². The Morgan fingerprint density at radius 2 is 1.71 bits per heavy atom. The number of nitrogens with one attached hydrogen (secondary N) is 1. The molecule has 0 radical (unpaired) electrons. The summed E-state index contributed by atoms with van der Waals surface area (Å²) < 4.78 is 37.3. The summed E-state index contributed by atoms with van der Waals surface area (Å²) in [7, 11) is 0. The number of halogens is 3. The van der Waals surface area contributed by atoms with Crippen molar-refractivity contribution in [3.63, 3.8) is 0 Å². The summed E-state index contributed by atoms with van der Waals surface area (Å²) in [6.07, 6.45) is -1.73. The summed E-state index contributed by atoms with van der Waals surface area (Å²) in [5.41, 5.74) is 2.72. The van der Waals surface area contributed by atoms with Crippen molar-refractivity contribution in [2.24, 2.45) is 0 Å². The third kappa shape index (κ3) is 5.15. The van der Waals surface area contributed by atoms with Gasteiger partial charge in [-0.15, -0.1) is 0 Å². The molecule has 9 heteroatoms. The van der Waals surface area contributed by atoms with Crippen LogP contribution >= 0.6 is 0 Å². The van der Waals surface area contributed by atoms with Gasteiger partial charge in [-0.2, -0.15) is 13.2 Å². The lowest BCUT2D eigenvalue weighted by atomic mass is 9.93. The summed E-state index contributed by atoms with van der Waals surface area (Å²) in [5, 5.41) is 2.87. The number of aromatic nitrogens is 1. The highest BCUT2D eigenvalue weighted by atomic mass is 19.4. The number of urea groups is 1. The van der Waals surface area contributed by atoms with E-state index in [4.69, 9.17) is 0 Å². The maximum Gasteiger partial charge on any atom is 0.397 e. The third-order valence-electron chi connectivity index (χ3n) is 5.85. The first-order valence-corrected chi connectivity index (χ1v) is 10.2. The number of pyridine rings is 1. The molecule has 0 bridgehead atoms. The van der Waals surface area contributed by atoms with Gasteiger partial charge in [-0.25, -0.2) is 4.79 Å². The van der Waals surface area contributed by atoms with Gasteiger partial charge in [0.15, 0.2) is 0 Å². The van der Waals surface area contributed by atoms with Crippen LogP contribution in [0.1, 0.15) is 35.8 Å². The van der Waals surface area contributed by atoms with Crippen molar-refractivity contribution < 1.29 is 22.8 Å². The van der Waals surface area contributed by atoms with Crippen molar-refractivity contribution in [2.45, 2.75) is 30.9 Å². The Hall–Kier alpha value is -3.10. The Labute approximate surface area is 178 Å². The van der Waals surface area contributed by atoms with Crippen LogP contribution in [0.4, 0.5) is 23.7 Å². The number of rotatable bonds is 4. The summed E-state index contributed by atoms with van der Waals surface area (Å²) in [6, 6.07) is 11.0. The van der Waals surface area contributed by atoms with E-state index < -0.39 is 18.5 Å². The molecule has 1 aromatic heterocycles. The highest BCUT2D eigenvalue weighted by Crippen LogP contribution is 2.31. The first-order chi connectivity index (χ1) is 14.8. The number of anilines is 1. The number of hydrogen-bond acceptors (Lipinski definition) is 3. The second-order valence-corrected chi connectivity index (χ2v) is 8.06. The van der Waals surface area contributed by atoms with Gasteiger partial charge < -0.3 is 15.1 Å². The first-order valence-electron chi connectivity index (χ1n) is 10.2. The van der Waals surface area contributed by atoms with Crippen LogP contribution in [0.5, 0.6) is 0 Å². The minimum atomic E-state index is -4.48. The van der Waals surface area contributed by atoms with Crippen LogP contribution in [-0.4, -0.2) is 59.1 Å². The summed E-state index contributed by atoms with van der Waals surface area (Å²) in [4.78, 5) is 31.3. The zero-order valence-electron chi connectivity index (χ0n) is 16.8. The maximum atomic E-state index is 12.4. The molecule has 2 saturated heterocycles. The predicted molar refractivity (Wildman–Crippen MR) is 109 cm³/mol. The summed E-state index contributed by atoms with van der Waals surface area (Å²) >= 11 is 0. The molecular weight excluding hydrogens is 409 g/mol. The van der Waals surface area contributed by atoms with Gasteiger partial charge >= 0.3 is 12.2 Å². The maximum absolute atomic E-state index is 12.4. The molecule has 2 aliphatic rings. The lowest BCUT2D eigenvalue weighted by Crippen LogP contribution is -2.50. The van der Waals surface area contributed by atoms with Gasteiger partial charge in [-0.05, 0) is 35.7 Å². The molecule has 1 unspecified atom stereocenters. The van der Waals surface area contributed by atoms with E-state index in [9.17, 15) is 22.8 Å². The van der Waals surface area contributed by atoms with Crippen molar-refractivity contribution in [1.82, 2.24) is 14.8 Å². The second-order valence-electron chi connectivity index (χ2n) is 8.06. The van der Waals surface area contributed by atoms with E-state index in [1.54, 1.807) is 23.2 Å². The number of benzene rings is 1. The van der Waals surface area contributed by atoms with Crippen LogP contribution < -0.4 is 5.32 Å². The van der Waals surface area contributed by atoms with Crippen LogP contribution in [0.15, 0.2) is 48.8 Å². The Balaban J connectivity index is 1.26. The number of hydrogen-bond donors (Lipinski definition) is 1. The fraction of sp³-hybridized carbons (Fsp3) is 0.409. The topological polar surface area (TPSA) is 65.5 Å². The fourth-order valence-electron chi connectivity index (χ4n) is 4.06. The molecule has 2 aliphatic heterocycles. The van der Waals surface area contributed by atoms with E-state index in [2.05, 4.69) is 10.3 Å². The third-order valence-corrected chi connectivity index (χ3v) is 5.85. The smallest absolute Gasteiger partial charge is 0.342 e. The second kappa shape index (κ2) is 8.56. The minimum Gasteiger partial charge on any atom is -0.342 e. The van der Waals surface area contributed by atoms with E-state index in [0.29, 0.717) is 37.7 Å². The lowest BCUT2D eigenvalue weighted by molar-refractivity contribution is -0.160. The van der Waals surface area contributed by atoms with E-state index >= 15 is 0 Å². The zero-order valence-corrected chi connectivity index (χ0v) is 16.8. The van der Waals surface area contributed by atoms with E-state index in [1.807, 2.05) is 30.5 Å². The molecule has 164 valence electrons. The van der Waals surface area contributed by atoms with Crippen molar-refractivity contribution >= 4 is 17.6 Å². The first kappa shape index (κ1) is 21.1. The Morgan fingerprint density at radius 1 is 1.00 bits per heavy atom. The molecule has 1 N–H and O–H groups in total. The van der Waals surface area contributed by atoms with Gasteiger partial charge in [0.1, 0.15) is 6.42 Å². The molecule has 2 aromatic rings. The van der Waals surface area contributed by atoms with Crippen LogP contribution in [0.2, 0.25) is 0 Å². The zero-order chi connectivity index (χ0) is 22.0. The normalized spacial score (nSPS) is 19.3. The van der Waals surface area contributed by atoms with Gasteiger partial charge in [0.25, 0.3) is 0 Å². The molecular formula is C22H23F3N4O2. The minimum absolute atomic E-state index is 0.00226.